The van der Waals surface area contributed by atoms with E-state index in [0.29, 0.717) is 0 Å². The SMILES string of the molecule is C=C/C=N\C(Br)=C/C. The van der Waals surface area contributed by atoms with Crippen LogP contribution in [0.25, 0.3) is 0 Å². The molecule has 0 aromatic rings. The van der Waals surface area contributed by atoms with E-state index in [0.717, 1.165) is 4.61 Å². The van der Waals surface area contributed by atoms with Crippen LogP contribution < -0.4 is 0 Å². The maximum Gasteiger partial charge on any atom is 0.101 e. The summed E-state index contributed by atoms with van der Waals surface area (Å²) in [4.78, 5) is 3.90. The van der Waals surface area contributed by atoms with Crippen molar-refractivity contribution < 1.29 is 0 Å². The Morgan fingerprint density at radius 3 is 2.75 bits per heavy atom. The monoisotopic (exact) mass is 173 g/mol. The zero-order valence-corrected chi connectivity index (χ0v) is 6.35. The highest BCUT2D eigenvalue weighted by molar-refractivity contribution is 9.11. The second-order valence-electron chi connectivity index (χ2n) is 1.13. The lowest BCUT2D eigenvalue weighted by Gasteiger charge is -1.80. The lowest BCUT2D eigenvalue weighted by atomic mass is 10.7. The van der Waals surface area contributed by atoms with Crippen LogP contribution in [-0.2, 0) is 0 Å². The molecule has 0 bridgehead atoms. The first-order valence-electron chi connectivity index (χ1n) is 2.28. The van der Waals surface area contributed by atoms with Gasteiger partial charge in [-0.15, -0.1) is 0 Å². The highest BCUT2D eigenvalue weighted by Crippen LogP contribution is 2.03. The first-order valence-corrected chi connectivity index (χ1v) is 3.07. The predicted molar refractivity (Wildman–Crippen MR) is 41.4 cm³/mol. The minimum Gasteiger partial charge on any atom is -0.250 e. The Labute approximate surface area is 57.9 Å². The van der Waals surface area contributed by atoms with Gasteiger partial charge in [0.2, 0.25) is 0 Å². The van der Waals surface area contributed by atoms with Gasteiger partial charge >= 0.3 is 0 Å². The minimum atomic E-state index is 0.831. The van der Waals surface area contributed by atoms with Crippen LogP contribution in [0.1, 0.15) is 6.92 Å². The van der Waals surface area contributed by atoms with E-state index < -0.39 is 0 Å². The molecule has 8 heavy (non-hydrogen) atoms. The van der Waals surface area contributed by atoms with Crippen LogP contribution in [-0.4, -0.2) is 6.21 Å². The van der Waals surface area contributed by atoms with Gasteiger partial charge in [0.1, 0.15) is 4.61 Å². The largest absolute Gasteiger partial charge is 0.250 e. The molecule has 0 heterocycles. The Balaban J connectivity index is 3.69. The smallest absolute Gasteiger partial charge is 0.101 e. The second kappa shape index (κ2) is 4.78. The van der Waals surface area contributed by atoms with Gasteiger partial charge in [0.25, 0.3) is 0 Å². The quantitative estimate of drug-likeness (QED) is 0.450. The number of nitrogens with zero attached hydrogens (tertiary/aromatic N) is 1. The summed E-state index contributed by atoms with van der Waals surface area (Å²) in [6.07, 6.45) is 5.12. The van der Waals surface area contributed by atoms with Crippen LogP contribution in [0.4, 0.5) is 0 Å². The third-order valence-corrected chi connectivity index (χ3v) is 1.20. The third kappa shape index (κ3) is 3.81. The molecule has 0 atom stereocenters. The Morgan fingerprint density at radius 1 is 1.75 bits per heavy atom. The number of hydrogen-bond donors (Lipinski definition) is 0. The standard InChI is InChI=1S/C6H8BrN/c1-3-5-8-6(7)4-2/h3-5H,1H2,2H3/b6-4-,8-5-. The summed E-state index contributed by atoms with van der Waals surface area (Å²) in [7, 11) is 0. The molecule has 0 aromatic carbocycles. The second-order valence-corrected chi connectivity index (χ2v) is 1.94. The van der Waals surface area contributed by atoms with Gasteiger partial charge in [-0.05, 0) is 22.9 Å². The molecule has 0 aliphatic carbocycles. The molecule has 0 saturated carbocycles. The fourth-order valence-electron chi connectivity index (χ4n) is 0.198. The first-order chi connectivity index (χ1) is 3.81. The molecule has 0 fully saturated rings. The van der Waals surface area contributed by atoms with Crippen molar-refractivity contribution in [2.45, 2.75) is 6.92 Å². The lowest BCUT2D eigenvalue weighted by Crippen LogP contribution is -1.62. The molecule has 0 spiro atoms. The van der Waals surface area contributed by atoms with Crippen molar-refractivity contribution in [3.8, 4) is 0 Å². The number of allylic oxidation sites excluding steroid dienone is 2. The Kier molecular flexibility index (Phi) is 4.56. The predicted octanol–water partition coefficient (Wildman–Crippen LogP) is 2.50. The molecule has 0 radical (unpaired) electrons. The molecule has 0 N–H and O–H groups in total. The average Bonchev–Trinajstić information content (AvgIpc) is 1.83. The van der Waals surface area contributed by atoms with Crippen molar-refractivity contribution in [1.82, 2.24) is 0 Å². The Bertz CT molecular complexity index is 124. The van der Waals surface area contributed by atoms with E-state index in [9.17, 15) is 0 Å². The van der Waals surface area contributed by atoms with E-state index in [4.69, 9.17) is 0 Å². The molecule has 44 valence electrons. The van der Waals surface area contributed by atoms with Crippen LogP contribution >= 0.6 is 15.9 Å². The van der Waals surface area contributed by atoms with Crippen molar-refractivity contribution in [2.24, 2.45) is 4.99 Å². The van der Waals surface area contributed by atoms with Crippen LogP contribution in [0, 0.1) is 0 Å². The van der Waals surface area contributed by atoms with Gasteiger partial charge in [0.15, 0.2) is 0 Å². The lowest BCUT2D eigenvalue weighted by molar-refractivity contribution is 1.52. The van der Waals surface area contributed by atoms with Gasteiger partial charge in [-0.3, -0.25) is 0 Å². The highest BCUT2D eigenvalue weighted by Gasteiger charge is 1.74. The zero-order valence-electron chi connectivity index (χ0n) is 4.76. The van der Waals surface area contributed by atoms with E-state index in [1.54, 1.807) is 12.3 Å². The van der Waals surface area contributed by atoms with E-state index in [-0.39, 0.29) is 0 Å². The summed E-state index contributed by atoms with van der Waals surface area (Å²) in [6.45, 7) is 5.38. The molecule has 0 amide bonds. The molecule has 2 heteroatoms. The number of hydrogen-bond acceptors (Lipinski definition) is 1. The third-order valence-electron chi connectivity index (χ3n) is 0.541. The average molecular weight is 174 g/mol. The molecule has 0 rings (SSSR count). The molecule has 0 aliphatic heterocycles. The zero-order chi connectivity index (χ0) is 6.41. The summed E-state index contributed by atoms with van der Waals surface area (Å²) in [5, 5.41) is 0. The normalized spacial score (nSPS) is 12.5. The summed E-state index contributed by atoms with van der Waals surface area (Å²) >= 11 is 3.19. The van der Waals surface area contributed by atoms with E-state index >= 15 is 0 Å². The molecule has 0 aliphatic rings. The van der Waals surface area contributed by atoms with Crippen molar-refractivity contribution >= 4 is 22.1 Å². The van der Waals surface area contributed by atoms with Gasteiger partial charge in [-0.1, -0.05) is 18.7 Å². The summed E-state index contributed by atoms with van der Waals surface area (Å²) in [5.74, 6) is 0. The summed E-state index contributed by atoms with van der Waals surface area (Å²) in [6, 6.07) is 0. The van der Waals surface area contributed by atoms with E-state index in [2.05, 4.69) is 27.5 Å². The van der Waals surface area contributed by atoms with Crippen LogP contribution in [0.3, 0.4) is 0 Å². The van der Waals surface area contributed by atoms with Crippen molar-refractivity contribution in [3.05, 3.63) is 23.3 Å². The van der Waals surface area contributed by atoms with E-state index in [1.165, 1.54) is 0 Å². The van der Waals surface area contributed by atoms with Crippen molar-refractivity contribution in [3.63, 3.8) is 0 Å². The Morgan fingerprint density at radius 2 is 2.38 bits per heavy atom. The van der Waals surface area contributed by atoms with Crippen molar-refractivity contribution in [1.29, 1.82) is 0 Å². The summed E-state index contributed by atoms with van der Waals surface area (Å²) in [5.41, 5.74) is 0. The molecule has 0 aromatic heterocycles. The molecule has 0 saturated heterocycles. The minimum absolute atomic E-state index is 0.831. The molecular formula is C6H8BrN. The Hall–Kier alpha value is -0.370. The molecular weight excluding hydrogens is 166 g/mol. The molecule has 1 nitrogen and oxygen atoms in total. The maximum atomic E-state index is 3.90. The number of aliphatic imine (C=N–C) groups is 1. The summed E-state index contributed by atoms with van der Waals surface area (Å²) < 4.78 is 0.831. The fourth-order valence-corrected chi connectivity index (χ4v) is 0.317. The van der Waals surface area contributed by atoms with Gasteiger partial charge < -0.3 is 0 Å². The van der Waals surface area contributed by atoms with Gasteiger partial charge in [-0.2, -0.15) is 0 Å². The van der Waals surface area contributed by atoms with Gasteiger partial charge in [0, 0.05) is 6.21 Å². The van der Waals surface area contributed by atoms with Crippen LogP contribution in [0.2, 0.25) is 0 Å². The molecule has 0 unspecified atom stereocenters. The topological polar surface area (TPSA) is 12.4 Å². The van der Waals surface area contributed by atoms with Crippen LogP contribution in [0.15, 0.2) is 28.3 Å². The number of halogens is 1. The fraction of sp³-hybridized carbons (Fsp3) is 0.167. The van der Waals surface area contributed by atoms with Gasteiger partial charge in [0.05, 0.1) is 0 Å². The maximum absolute atomic E-state index is 3.90. The first kappa shape index (κ1) is 7.63. The number of rotatable bonds is 2. The van der Waals surface area contributed by atoms with E-state index in [1.807, 2.05) is 13.0 Å². The highest BCUT2D eigenvalue weighted by atomic mass is 79.9. The van der Waals surface area contributed by atoms with Crippen LogP contribution in [0.5, 0.6) is 0 Å². The van der Waals surface area contributed by atoms with Crippen molar-refractivity contribution in [2.75, 3.05) is 0 Å². The van der Waals surface area contributed by atoms with Gasteiger partial charge in [-0.25, -0.2) is 4.99 Å².